The van der Waals surface area contributed by atoms with Gasteiger partial charge in [0.05, 0.1) is 17.9 Å². The zero-order chi connectivity index (χ0) is 15.2. The molecule has 118 valence electrons. The molecule has 0 amide bonds. The fourth-order valence-corrected chi connectivity index (χ4v) is 3.14. The van der Waals surface area contributed by atoms with Gasteiger partial charge >= 0.3 is 0 Å². The molecule has 0 aliphatic carbocycles. The van der Waals surface area contributed by atoms with Crippen LogP contribution in [0.5, 0.6) is 0 Å². The number of aromatic nitrogens is 3. The summed E-state index contributed by atoms with van der Waals surface area (Å²) in [5.41, 5.74) is 7.91. The molecule has 2 N–H and O–H groups in total. The highest BCUT2D eigenvalue weighted by molar-refractivity contribution is 5.14. The smallest absolute Gasteiger partial charge is 0.0962 e. The van der Waals surface area contributed by atoms with Crippen LogP contribution >= 0.6 is 0 Å². The Bertz CT molecular complexity index is 557. The Hall–Kier alpha value is -1.72. The lowest BCUT2D eigenvalue weighted by Gasteiger charge is -2.31. The molecular formula is C17H25N5. The van der Waals surface area contributed by atoms with Crippen molar-refractivity contribution in [3.05, 3.63) is 47.8 Å². The molecule has 0 unspecified atom stereocenters. The Balaban J connectivity index is 1.40. The van der Waals surface area contributed by atoms with Crippen LogP contribution in [0.1, 0.15) is 36.6 Å². The molecule has 1 aromatic carbocycles. The van der Waals surface area contributed by atoms with Gasteiger partial charge in [-0.05, 0) is 37.8 Å². The van der Waals surface area contributed by atoms with E-state index in [9.17, 15) is 0 Å². The Morgan fingerprint density at radius 2 is 1.91 bits per heavy atom. The average molecular weight is 299 g/mol. The summed E-state index contributed by atoms with van der Waals surface area (Å²) in [7, 11) is 0. The van der Waals surface area contributed by atoms with E-state index in [0.717, 1.165) is 31.6 Å². The van der Waals surface area contributed by atoms with Crippen LogP contribution in [0.4, 0.5) is 0 Å². The minimum absolute atomic E-state index is 0.471. The van der Waals surface area contributed by atoms with Crippen molar-refractivity contribution in [3.8, 4) is 0 Å². The molecular weight excluding hydrogens is 274 g/mol. The first-order chi connectivity index (χ1) is 10.8. The van der Waals surface area contributed by atoms with Crippen LogP contribution in [0.15, 0.2) is 36.5 Å². The number of piperidine rings is 1. The van der Waals surface area contributed by atoms with Gasteiger partial charge in [-0.2, -0.15) is 0 Å². The van der Waals surface area contributed by atoms with Gasteiger partial charge in [0.25, 0.3) is 0 Å². The van der Waals surface area contributed by atoms with Crippen molar-refractivity contribution in [1.82, 2.24) is 19.9 Å². The van der Waals surface area contributed by atoms with Gasteiger partial charge in [-0.3, -0.25) is 0 Å². The number of aryl methyl sites for hydroxylation is 1. The molecule has 0 saturated carbocycles. The second-order valence-corrected chi connectivity index (χ2v) is 6.06. The number of benzene rings is 1. The second-order valence-electron chi connectivity index (χ2n) is 6.06. The van der Waals surface area contributed by atoms with E-state index in [4.69, 9.17) is 5.73 Å². The van der Waals surface area contributed by atoms with Crippen LogP contribution in [-0.2, 0) is 13.0 Å². The van der Waals surface area contributed by atoms with Gasteiger partial charge in [0.2, 0.25) is 0 Å². The fraction of sp³-hybridized carbons (Fsp3) is 0.529. The quantitative estimate of drug-likeness (QED) is 0.886. The summed E-state index contributed by atoms with van der Waals surface area (Å²) in [6, 6.07) is 11.2. The minimum Gasteiger partial charge on any atom is -0.325 e. The van der Waals surface area contributed by atoms with Crippen molar-refractivity contribution in [2.45, 2.75) is 38.3 Å². The average Bonchev–Trinajstić information content (AvgIpc) is 3.06. The Morgan fingerprint density at radius 3 is 2.59 bits per heavy atom. The predicted molar refractivity (Wildman–Crippen MR) is 87.4 cm³/mol. The zero-order valence-electron chi connectivity index (χ0n) is 13.1. The zero-order valence-corrected chi connectivity index (χ0v) is 13.1. The van der Waals surface area contributed by atoms with Gasteiger partial charge in [-0.15, -0.1) is 5.10 Å². The number of hydrogen-bond acceptors (Lipinski definition) is 4. The highest BCUT2D eigenvalue weighted by Gasteiger charge is 2.21. The van der Waals surface area contributed by atoms with E-state index < -0.39 is 0 Å². The molecule has 1 aliphatic heterocycles. The number of nitrogens with two attached hydrogens (primary N) is 1. The molecule has 0 bridgehead atoms. The standard InChI is InChI=1S/C17H25N5/c18-13-16-14-22(20-19-16)17-8-11-21(12-9-17)10-4-7-15-5-2-1-3-6-15/h1-3,5-6,14,17H,4,7-13,18H2. The monoisotopic (exact) mass is 299 g/mol. The number of nitrogens with zero attached hydrogens (tertiary/aromatic N) is 4. The van der Waals surface area contributed by atoms with Gasteiger partial charge < -0.3 is 10.6 Å². The van der Waals surface area contributed by atoms with Crippen LogP contribution in [0.2, 0.25) is 0 Å². The maximum Gasteiger partial charge on any atom is 0.0962 e. The summed E-state index contributed by atoms with van der Waals surface area (Å²) in [6.45, 7) is 3.96. The highest BCUT2D eigenvalue weighted by atomic mass is 15.4. The minimum atomic E-state index is 0.471. The van der Waals surface area contributed by atoms with Crippen molar-refractivity contribution in [2.24, 2.45) is 5.73 Å². The van der Waals surface area contributed by atoms with E-state index >= 15 is 0 Å². The van der Waals surface area contributed by atoms with Crippen LogP contribution in [-0.4, -0.2) is 39.5 Å². The maximum absolute atomic E-state index is 5.59. The lowest BCUT2D eigenvalue weighted by molar-refractivity contribution is 0.177. The lowest BCUT2D eigenvalue weighted by atomic mass is 10.0. The van der Waals surface area contributed by atoms with Gasteiger partial charge in [0.15, 0.2) is 0 Å². The van der Waals surface area contributed by atoms with E-state index in [1.807, 2.05) is 10.9 Å². The van der Waals surface area contributed by atoms with Crippen LogP contribution in [0, 0.1) is 0 Å². The topological polar surface area (TPSA) is 60.0 Å². The van der Waals surface area contributed by atoms with E-state index in [1.165, 1.54) is 24.9 Å². The van der Waals surface area contributed by atoms with Crippen molar-refractivity contribution >= 4 is 0 Å². The molecule has 5 heteroatoms. The van der Waals surface area contributed by atoms with Gasteiger partial charge in [0.1, 0.15) is 0 Å². The van der Waals surface area contributed by atoms with Crippen molar-refractivity contribution < 1.29 is 0 Å². The Kier molecular flexibility index (Phi) is 5.19. The first-order valence-electron chi connectivity index (χ1n) is 8.22. The first kappa shape index (κ1) is 15.2. The SMILES string of the molecule is NCc1cn(C2CCN(CCCc3ccccc3)CC2)nn1. The third-order valence-electron chi connectivity index (χ3n) is 4.48. The summed E-state index contributed by atoms with van der Waals surface area (Å²) < 4.78 is 2.00. The van der Waals surface area contributed by atoms with E-state index in [-0.39, 0.29) is 0 Å². The molecule has 3 rings (SSSR count). The molecule has 1 saturated heterocycles. The van der Waals surface area contributed by atoms with Crippen LogP contribution in [0.25, 0.3) is 0 Å². The van der Waals surface area contributed by atoms with E-state index in [0.29, 0.717) is 12.6 Å². The molecule has 0 atom stereocenters. The summed E-state index contributed by atoms with van der Waals surface area (Å²) in [5, 5.41) is 8.29. The van der Waals surface area contributed by atoms with E-state index in [2.05, 4.69) is 45.5 Å². The van der Waals surface area contributed by atoms with Gasteiger partial charge in [-0.1, -0.05) is 35.5 Å². The third-order valence-corrected chi connectivity index (χ3v) is 4.48. The van der Waals surface area contributed by atoms with Crippen LogP contribution < -0.4 is 5.73 Å². The summed E-state index contributed by atoms with van der Waals surface area (Å²) in [6.07, 6.45) is 6.70. The van der Waals surface area contributed by atoms with Gasteiger partial charge in [0, 0.05) is 19.6 Å². The molecule has 1 aromatic heterocycles. The van der Waals surface area contributed by atoms with Crippen molar-refractivity contribution in [2.75, 3.05) is 19.6 Å². The van der Waals surface area contributed by atoms with Crippen molar-refractivity contribution in [1.29, 1.82) is 0 Å². The molecule has 1 aliphatic rings. The third kappa shape index (κ3) is 3.93. The molecule has 1 fully saturated rings. The molecule has 5 nitrogen and oxygen atoms in total. The van der Waals surface area contributed by atoms with Crippen LogP contribution in [0.3, 0.4) is 0 Å². The Labute approximate surface area is 132 Å². The lowest BCUT2D eigenvalue weighted by Crippen LogP contribution is -2.35. The fourth-order valence-electron chi connectivity index (χ4n) is 3.14. The molecule has 0 spiro atoms. The van der Waals surface area contributed by atoms with Gasteiger partial charge in [-0.25, -0.2) is 4.68 Å². The largest absolute Gasteiger partial charge is 0.325 e. The second kappa shape index (κ2) is 7.51. The summed E-state index contributed by atoms with van der Waals surface area (Å²) in [4.78, 5) is 2.57. The number of rotatable bonds is 6. The molecule has 2 heterocycles. The normalized spacial score (nSPS) is 17.0. The predicted octanol–water partition coefficient (Wildman–Crippen LogP) is 2.01. The number of hydrogen-bond donors (Lipinski definition) is 1. The highest BCUT2D eigenvalue weighted by Crippen LogP contribution is 2.21. The summed E-state index contributed by atoms with van der Waals surface area (Å²) >= 11 is 0. The first-order valence-corrected chi connectivity index (χ1v) is 8.22. The van der Waals surface area contributed by atoms with E-state index in [1.54, 1.807) is 0 Å². The number of likely N-dealkylation sites (tertiary alicyclic amines) is 1. The molecule has 2 aromatic rings. The summed E-state index contributed by atoms with van der Waals surface area (Å²) in [5.74, 6) is 0. The Morgan fingerprint density at radius 1 is 1.14 bits per heavy atom. The molecule has 22 heavy (non-hydrogen) atoms. The maximum atomic E-state index is 5.59. The molecule has 0 radical (unpaired) electrons. The van der Waals surface area contributed by atoms with Crippen molar-refractivity contribution in [3.63, 3.8) is 0 Å².